The maximum absolute atomic E-state index is 13.0. The molecule has 0 aromatic heterocycles. The van der Waals surface area contributed by atoms with E-state index in [1.807, 2.05) is 30.3 Å². The van der Waals surface area contributed by atoms with E-state index in [2.05, 4.69) is 20.8 Å². The Hall–Kier alpha value is -3.14. The van der Waals surface area contributed by atoms with Crippen molar-refractivity contribution < 1.29 is 22.8 Å². The second-order valence-electron chi connectivity index (χ2n) is 6.35. The standard InChI is InChI=1S/C20H17F3N4O2S/c1-12(13-7-3-2-4-8-13)26-27-19-25-18(29)16(30-19)11-17(28)24-15-10-6-5-9-14(15)20(21,22)23/h2-10,16H,11H2,1H3,(H,24,28)(H,25,27,29)/b26-12+. The van der Waals surface area contributed by atoms with Crippen LogP contribution in [-0.4, -0.2) is 27.9 Å². The number of hydrogen-bond donors (Lipinski definition) is 2. The average Bonchev–Trinajstić information content (AvgIpc) is 3.05. The van der Waals surface area contributed by atoms with Gasteiger partial charge in [0.05, 0.1) is 17.0 Å². The Kier molecular flexibility index (Phi) is 6.56. The molecule has 1 atom stereocenters. The van der Waals surface area contributed by atoms with Gasteiger partial charge in [-0.05, 0) is 24.6 Å². The zero-order valence-electron chi connectivity index (χ0n) is 15.7. The van der Waals surface area contributed by atoms with E-state index in [4.69, 9.17) is 0 Å². The van der Waals surface area contributed by atoms with Gasteiger partial charge in [-0.2, -0.15) is 18.3 Å². The van der Waals surface area contributed by atoms with Crippen molar-refractivity contribution in [2.75, 3.05) is 5.32 Å². The van der Waals surface area contributed by atoms with Crippen LogP contribution in [0.5, 0.6) is 0 Å². The average molecular weight is 434 g/mol. The summed E-state index contributed by atoms with van der Waals surface area (Å²) < 4.78 is 39.1. The number of rotatable bonds is 5. The Labute approximate surface area is 174 Å². The van der Waals surface area contributed by atoms with Crippen LogP contribution < -0.4 is 10.6 Å². The van der Waals surface area contributed by atoms with Crippen molar-refractivity contribution in [2.24, 2.45) is 10.2 Å². The molecule has 0 spiro atoms. The number of alkyl halides is 3. The predicted octanol–water partition coefficient (Wildman–Crippen LogP) is 4.05. The number of anilines is 1. The zero-order chi connectivity index (χ0) is 21.7. The normalized spacial score (nSPS) is 18.4. The summed E-state index contributed by atoms with van der Waals surface area (Å²) in [5.74, 6) is -1.16. The first-order valence-corrected chi connectivity index (χ1v) is 9.73. The smallest absolute Gasteiger partial charge is 0.325 e. The molecule has 0 radical (unpaired) electrons. The van der Waals surface area contributed by atoms with Gasteiger partial charge in [-0.3, -0.25) is 9.59 Å². The highest BCUT2D eigenvalue weighted by Gasteiger charge is 2.35. The largest absolute Gasteiger partial charge is 0.418 e. The van der Waals surface area contributed by atoms with Gasteiger partial charge in [0.15, 0.2) is 5.17 Å². The van der Waals surface area contributed by atoms with Crippen LogP contribution >= 0.6 is 11.8 Å². The van der Waals surface area contributed by atoms with E-state index in [1.165, 1.54) is 12.1 Å². The molecule has 6 nitrogen and oxygen atoms in total. The number of nitrogens with zero attached hydrogens (tertiary/aromatic N) is 2. The van der Waals surface area contributed by atoms with Crippen LogP contribution in [0.15, 0.2) is 64.8 Å². The molecule has 30 heavy (non-hydrogen) atoms. The lowest BCUT2D eigenvalue weighted by molar-refractivity contribution is -0.137. The monoisotopic (exact) mass is 434 g/mol. The molecule has 1 aliphatic heterocycles. The molecule has 1 saturated heterocycles. The number of carbonyl (C=O) groups excluding carboxylic acids is 2. The quantitative estimate of drug-likeness (QED) is 0.550. The molecule has 3 rings (SSSR count). The number of nitrogens with one attached hydrogen (secondary N) is 2. The summed E-state index contributed by atoms with van der Waals surface area (Å²) >= 11 is 1.00. The summed E-state index contributed by atoms with van der Waals surface area (Å²) in [6.07, 6.45) is -4.90. The van der Waals surface area contributed by atoms with Crippen molar-refractivity contribution in [3.05, 3.63) is 65.7 Å². The first-order valence-electron chi connectivity index (χ1n) is 8.85. The van der Waals surface area contributed by atoms with Crippen molar-refractivity contribution in [1.82, 2.24) is 5.32 Å². The van der Waals surface area contributed by atoms with Crippen molar-refractivity contribution in [2.45, 2.75) is 24.8 Å². The highest BCUT2D eigenvalue weighted by Crippen LogP contribution is 2.34. The van der Waals surface area contributed by atoms with Gasteiger partial charge < -0.3 is 10.6 Å². The topological polar surface area (TPSA) is 82.9 Å². The van der Waals surface area contributed by atoms with Gasteiger partial charge in [-0.15, -0.1) is 5.10 Å². The number of carbonyl (C=O) groups is 2. The van der Waals surface area contributed by atoms with Crippen LogP contribution in [0.2, 0.25) is 0 Å². The van der Waals surface area contributed by atoms with Gasteiger partial charge >= 0.3 is 6.18 Å². The Bertz CT molecular complexity index is 1010. The summed E-state index contributed by atoms with van der Waals surface area (Å²) in [4.78, 5) is 24.3. The minimum absolute atomic E-state index is 0.226. The predicted molar refractivity (Wildman–Crippen MR) is 110 cm³/mol. The molecule has 2 N–H and O–H groups in total. The van der Waals surface area contributed by atoms with Gasteiger partial charge in [0.1, 0.15) is 5.25 Å². The summed E-state index contributed by atoms with van der Waals surface area (Å²) in [7, 11) is 0. The highest BCUT2D eigenvalue weighted by atomic mass is 32.2. The molecule has 2 aromatic carbocycles. The van der Waals surface area contributed by atoms with Gasteiger partial charge in [0.25, 0.3) is 0 Å². The first-order chi connectivity index (χ1) is 14.2. The first kappa shape index (κ1) is 21.6. The number of amidine groups is 1. The number of halogens is 3. The van der Waals surface area contributed by atoms with E-state index in [1.54, 1.807) is 6.92 Å². The van der Waals surface area contributed by atoms with Gasteiger partial charge in [0, 0.05) is 6.42 Å². The highest BCUT2D eigenvalue weighted by molar-refractivity contribution is 8.15. The molecule has 0 saturated carbocycles. The van der Waals surface area contributed by atoms with Crippen molar-refractivity contribution in [3.8, 4) is 0 Å². The number of amides is 2. The minimum Gasteiger partial charge on any atom is -0.325 e. The second kappa shape index (κ2) is 9.12. The molecule has 2 aromatic rings. The molecule has 0 bridgehead atoms. The Morgan fingerprint density at radius 1 is 1.13 bits per heavy atom. The lowest BCUT2D eigenvalue weighted by Crippen LogP contribution is -2.28. The van der Waals surface area contributed by atoms with Crippen LogP contribution in [0.3, 0.4) is 0 Å². The number of para-hydroxylation sites is 1. The van der Waals surface area contributed by atoms with Crippen LogP contribution in [-0.2, 0) is 15.8 Å². The molecule has 1 fully saturated rings. The molecule has 1 heterocycles. The van der Waals surface area contributed by atoms with E-state index in [0.29, 0.717) is 5.71 Å². The fourth-order valence-electron chi connectivity index (χ4n) is 2.65. The van der Waals surface area contributed by atoms with Crippen molar-refractivity contribution in [3.63, 3.8) is 0 Å². The van der Waals surface area contributed by atoms with Gasteiger partial charge in [-0.25, -0.2) is 0 Å². The van der Waals surface area contributed by atoms with Gasteiger partial charge in [-0.1, -0.05) is 54.2 Å². The van der Waals surface area contributed by atoms with E-state index in [-0.39, 0.29) is 17.3 Å². The van der Waals surface area contributed by atoms with Crippen LogP contribution in [0.1, 0.15) is 24.5 Å². The van der Waals surface area contributed by atoms with E-state index in [0.717, 1.165) is 29.5 Å². The summed E-state index contributed by atoms with van der Waals surface area (Å²) in [6, 6.07) is 14.0. The lowest BCUT2D eigenvalue weighted by atomic mass is 10.1. The zero-order valence-corrected chi connectivity index (χ0v) is 16.6. The molecular formula is C20H17F3N4O2S. The molecule has 156 valence electrons. The molecule has 0 aliphatic carbocycles. The third-order valence-electron chi connectivity index (χ3n) is 4.14. The third-order valence-corrected chi connectivity index (χ3v) is 5.21. The van der Waals surface area contributed by atoms with E-state index < -0.39 is 28.8 Å². The van der Waals surface area contributed by atoms with E-state index in [9.17, 15) is 22.8 Å². The number of thioether (sulfide) groups is 1. The molecule has 1 unspecified atom stereocenters. The van der Waals surface area contributed by atoms with Crippen molar-refractivity contribution in [1.29, 1.82) is 0 Å². The molecule has 10 heteroatoms. The number of hydrogen-bond acceptors (Lipinski definition) is 5. The molecule has 2 amide bonds. The Balaban J connectivity index is 1.63. The van der Waals surface area contributed by atoms with Crippen molar-refractivity contribution >= 4 is 40.1 Å². The number of benzene rings is 2. The van der Waals surface area contributed by atoms with E-state index >= 15 is 0 Å². The Morgan fingerprint density at radius 2 is 1.80 bits per heavy atom. The molecule has 1 aliphatic rings. The summed E-state index contributed by atoms with van der Waals surface area (Å²) in [5, 5.41) is 12.2. The van der Waals surface area contributed by atoms with Gasteiger partial charge in [0.2, 0.25) is 11.8 Å². The van der Waals surface area contributed by atoms with Crippen LogP contribution in [0.25, 0.3) is 0 Å². The van der Waals surface area contributed by atoms with Crippen LogP contribution in [0, 0.1) is 0 Å². The molecular weight excluding hydrogens is 417 g/mol. The minimum atomic E-state index is -4.60. The second-order valence-corrected chi connectivity index (χ2v) is 7.54. The fraction of sp³-hybridized carbons (Fsp3) is 0.200. The summed E-state index contributed by atoms with van der Waals surface area (Å²) in [6.45, 7) is 1.77. The summed E-state index contributed by atoms with van der Waals surface area (Å²) in [5.41, 5.74) is 0.212. The Morgan fingerprint density at radius 3 is 2.50 bits per heavy atom. The third kappa shape index (κ3) is 5.47. The maximum Gasteiger partial charge on any atom is 0.418 e. The van der Waals surface area contributed by atoms with Crippen LogP contribution in [0.4, 0.5) is 18.9 Å². The fourth-order valence-corrected chi connectivity index (χ4v) is 3.57. The SMILES string of the molecule is C/C(=N\N=C1\NC(=O)C(CC(=O)Nc2ccccc2C(F)(F)F)S1)c1ccccc1. The lowest BCUT2D eigenvalue weighted by Gasteiger charge is -2.14. The maximum atomic E-state index is 13.0.